The molecule has 0 saturated carbocycles. The van der Waals surface area contributed by atoms with Crippen molar-refractivity contribution in [2.45, 2.75) is 12.5 Å². The molecule has 1 aliphatic heterocycles. The topological polar surface area (TPSA) is 85.0 Å². The molecule has 1 aliphatic rings. The highest BCUT2D eigenvalue weighted by Crippen LogP contribution is 2.17. The summed E-state index contributed by atoms with van der Waals surface area (Å²) in [5, 5.41) is 3.84. The van der Waals surface area contributed by atoms with Gasteiger partial charge in [-0.25, -0.2) is 0 Å². The molecule has 2 rings (SSSR count). The Labute approximate surface area is 110 Å². The van der Waals surface area contributed by atoms with E-state index < -0.39 is 12.0 Å². The third-order valence-electron chi connectivity index (χ3n) is 2.86. The summed E-state index contributed by atoms with van der Waals surface area (Å²) in [6, 6.07) is 7.00. The van der Waals surface area contributed by atoms with Crippen LogP contribution in [0.3, 0.4) is 0 Å². The van der Waals surface area contributed by atoms with Crippen molar-refractivity contribution in [3.8, 4) is 0 Å². The Balaban J connectivity index is 2.12. The lowest BCUT2D eigenvalue weighted by atomic mass is 10.0. The number of amides is 2. The maximum atomic E-state index is 11.7. The molecular weight excluding hydrogens is 246 g/mol. The molecule has 0 spiro atoms. The molecule has 1 heterocycles. The van der Waals surface area contributed by atoms with Crippen molar-refractivity contribution in [2.24, 2.45) is 10.9 Å². The van der Waals surface area contributed by atoms with Crippen molar-refractivity contribution in [2.75, 3.05) is 14.1 Å². The van der Waals surface area contributed by atoms with Gasteiger partial charge in [-0.3, -0.25) is 9.59 Å². The zero-order valence-corrected chi connectivity index (χ0v) is 10.8. The highest BCUT2D eigenvalue weighted by molar-refractivity contribution is 6.04. The minimum Gasteiger partial charge on any atom is -0.382 e. The second-order valence-electron chi connectivity index (χ2n) is 4.52. The van der Waals surface area contributed by atoms with E-state index in [0.717, 1.165) is 5.56 Å². The van der Waals surface area contributed by atoms with E-state index in [1.54, 1.807) is 38.4 Å². The number of benzene rings is 1. The Morgan fingerprint density at radius 1 is 1.32 bits per heavy atom. The average molecular weight is 261 g/mol. The summed E-state index contributed by atoms with van der Waals surface area (Å²) in [7, 11) is 3.39. The van der Waals surface area contributed by atoms with Crippen molar-refractivity contribution in [1.82, 2.24) is 4.90 Å². The van der Waals surface area contributed by atoms with Gasteiger partial charge in [-0.1, -0.05) is 17.3 Å². The smallest absolute Gasteiger partial charge is 0.261 e. The standard InChI is InChI=1S/C13H15N3O3/c1-16(2)13(18)9-5-3-8(4-6-9)10-7-11(12(14)17)19-15-10/h3-6,11H,7H2,1-2H3,(H2,14,17). The summed E-state index contributed by atoms with van der Waals surface area (Å²) in [5.74, 6) is -0.593. The Bertz CT molecular complexity index is 535. The lowest BCUT2D eigenvalue weighted by molar-refractivity contribution is -0.127. The highest BCUT2D eigenvalue weighted by atomic mass is 16.6. The molecule has 0 saturated heterocycles. The molecule has 19 heavy (non-hydrogen) atoms. The first-order valence-electron chi connectivity index (χ1n) is 5.83. The third kappa shape index (κ3) is 2.73. The summed E-state index contributed by atoms with van der Waals surface area (Å²) in [5.41, 5.74) is 7.22. The summed E-state index contributed by atoms with van der Waals surface area (Å²) >= 11 is 0. The molecular formula is C13H15N3O3. The van der Waals surface area contributed by atoms with Crippen LogP contribution in [0, 0.1) is 0 Å². The number of nitrogens with zero attached hydrogens (tertiary/aromatic N) is 2. The molecule has 0 aromatic heterocycles. The molecule has 6 nitrogen and oxygen atoms in total. The van der Waals surface area contributed by atoms with Gasteiger partial charge < -0.3 is 15.5 Å². The minimum absolute atomic E-state index is 0.0637. The van der Waals surface area contributed by atoms with E-state index in [1.807, 2.05) is 0 Å². The number of oxime groups is 1. The van der Waals surface area contributed by atoms with Gasteiger partial charge in [0.15, 0.2) is 0 Å². The molecule has 1 atom stereocenters. The van der Waals surface area contributed by atoms with Crippen LogP contribution in [0.15, 0.2) is 29.4 Å². The predicted octanol–water partition coefficient (Wildman–Crippen LogP) is 0.367. The normalized spacial score (nSPS) is 17.6. The fourth-order valence-electron chi connectivity index (χ4n) is 1.76. The molecule has 1 unspecified atom stereocenters. The fraction of sp³-hybridized carbons (Fsp3) is 0.308. The van der Waals surface area contributed by atoms with Crippen molar-refractivity contribution >= 4 is 17.5 Å². The third-order valence-corrected chi connectivity index (χ3v) is 2.86. The van der Waals surface area contributed by atoms with Crippen LogP contribution in [0.2, 0.25) is 0 Å². The quantitative estimate of drug-likeness (QED) is 0.852. The largest absolute Gasteiger partial charge is 0.382 e. The predicted molar refractivity (Wildman–Crippen MR) is 69.7 cm³/mol. The van der Waals surface area contributed by atoms with Crippen LogP contribution in [0.1, 0.15) is 22.3 Å². The summed E-state index contributed by atoms with van der Waals surface area (Å²) in [4.78, 5) is 29.1. The van der Waals surface area contributed by atoms with E-state index in [2.05, 4.69) is 5.16 Å². The van der Waals surface area contributed by atoms with E-state index >= 15 is 0 Å². The average Bonchev–Trinajstić information content (AvgIpc) is 2.87. The summed E-state index contributed by atoms with van der Waals surface area (Å²) in [6.07, 6.45) is -0.339. The van der Waals surface area contributed by atoms with Gasteiger partial charge in [0.2, 0.25) is 6.10 Å². The van der Waals surface area contributed by atoms with Gasteiger partial charge in [-0.2, -0.15) is 0 Å². The zero-order chi connectivity index (χ0) is 14.0. The number of carbonyl (C=O) groups is 2. The lowest BCUT2D eigenvalue weighted by Gasteiger charge is -2.10. The molecule has 2 N–H and O–H groups in total. The van der Waals surface area contributed by atoms with E-state index in [1.165, 1.54) is 4.90 Å². The van der Waals surface area contributed by atoms with Gasteiger partial charge >= 0.3 is 0 Å². The van der Waals surface area contributed by atoms with Gasteiger partial charge in [0.05, 0.1) is 5.71 Å². The fourth-order valence-corrected chi connectivity index (χ4v) is 1.76. The number of hydrogen-bond donors (Lipinski definition) is 1. The number of carbonyl (C=O) groups excluding carboxylic acids is 2. The molecule has 1 aromatic rings. The SMILES string of the molecule is CN(C)C(=O)c1ccc(C2=NOC(C(N)=O)C2)cc1. The van der Waals surface area contributed by atoms with E-state index in [4.69, 9.17) is 10.6 Å². The molecule has 2 amide bonds. The van der Waals surface area contributed by atoms with Crippen LogP contribution < -0.4 is 5.73 Å². The Morgan fingerprint density at radius 2 is 1.95 bits per heavy atom. The van der Waals surface area contributed by atoms with Gasteiger partial charge in [0.1, 0.15) is 0 Å². The molecule has 0 bridgehead atoms. The van der Waals surface area contributed by atoms with Gasteiger partial charge in [0.25, 0.3) is 11.8 Å². The van der Waals surface area contributed by atoms with Crippen LogP contribution in [0.5, 0.6) is 0 Å². The number of nitrogens with two attached hydrogens (primary N) is 1. The second-order valence-corrected chi connectivity index (χ2v) is 4.52. The first-order chi connectivity index (χ1) is 8.99. The lowest BCUT2D eigenvalue weighted by Crippen LogP contribution is -2.28. The van der Waals surface area contributed by atoms with E-state index in [0.29, 0.717) is 17.7 Å². The number of primary amides is 1. The van der Waals surface area contributed by atoms with Crippen molar-refractivity contribution < 1.29 is 14.4 Å². The second kappa shape index (κ2) is 5.09. The van der Waals surface area contributed by atoms with E-state index in [-0.39, 0.29) is 5.91 Å². The van der Waals surface area contributed by atoms with Crippen LogP contribution in [-0.2, 0) is 9.63 Å². The van der Waals surface area contributed by atoms with Crippen LogP contribution in [0.4, 0.5) is 0 Å². The molecule has 0 aliphatic carbocycles. The highest BCUT2D eigenvalue weighted by Gasteiger charge is 2.26. The zero-order valence-electron chi connectivity index (χ0n) is 10.8. The van der Waals surface area contributed by atoms with Crippen LogP contribution >= 0.6 is 0 Å². The molecule has 1 aromatic carbocycles. The van der Waals surface area contributed by atoms with Gasteiger partial charge in [-0.05, 0) is 17.7 Å². The molecule has 100 valence electrons. The summed E-state index contributed by atoms with van der Waals surface area (Å²) in [6.45, 7) is 0. The molecule has 0 fully saturated rings. The molecule has 6 heteroatoms. The number of hydrogen-bond acceptors (Lipinski definition) is 4. The van der Waals surface area contributed by atoms with Crippen molar-refractivity contribution in [3.05, 3.63) is 35.4 Å². The molecule has 0 radical (unpaired) electrons. The maximum Gasteiger partial charge on any atom is 0.261 e. The van der Waals surface area contributed by atoms with E-state index in [9.17, 15) is 9.59 Å². The van der Waals surface area contributed by atoms with Crippen molar-refractivity contribution in [3.63, 3.8) is 0 Å². The maximum absolute atomic E-state index is 11.7. The number of rotatable bonds is 3. The van der Waals surface area contributed by atoms with Crippen molar-refractivity contribution in [1.29, 1.82) is 0 Å². The monoisotopic (exact) mass is 261 g/mol. The van der Waals surface area contributed by atoms with Crippen LogP contribution in [0.25, 0.3) is 0 Å². The van der Waals surface area contributed by atoms with Gasteiger partial charge in [0, 0.05) is 26.1 Å². The summed E-state index contributed by atoms with van der Waals surface area (Å²) < 4.78 is 0. The Morgan fingerprint density at radius 3 is 2.42 bits per heavy atom. The first kappa shape index (κ1) is 13.1. The minimum atomic E-state index is -0.696. The van der Waals surface area contributed by atoms with Crippen LogP contribution in [-0.4, -0.2) is 42.6 Å². The Kier molecular flexibility index (Phi) is 3.50. The Hall–Kier alpha value is -2.37. The van der Waals surface area contributed by atoms with Gasteiger partial charge in [-0.15, -0.1) is 0 Å². The first-order valence-corrected chi connectivity index (χ1v) is 5.83.